The molecule has 2 aliphatic heterocycles. The van der Waals surface area contributed by atoms with E-state index in [1.807, 2.05) is 0 Å². The van der Waals surface area contributed by atoms with Crippen LogP contribution in [0.15, 0.2) is 11.6 Å². The molecule has 3 rings (SSSR count). The summed E-state index contributed by atoms with van der Waals surface area (Å²) in [5.74, 6) is 0.941. The normalized spacial score (nSPS) is 34.5. The SMILES string of the molecule is O=C(NCC1=CCNCC1)C1CC2CCCCC2N1. The molecule has 0 radical (unpaired) electrons. The van der Waals surface area contributed by atoms with Gasteiger partial charge in [-0.25, -0.2) is 0 Å². The molecule has 1 saturated carbocycles. The summed E-state index contributed by atoms with van der Waals surface area (Å²) >= 11 is 0. The van der Waals surface area contributed by atoms with Crippen molar-refractivity contribution in [2.75, 3.05) is 19.6 Å². The summed E-state index contributed by atoms with van der Waals surface area (Å²) in [4.78, 5) is 12.2. The Hall–Kier alpha value is -0.870. The average molecular weight is 263 g/mol. The standard InChI is InChI=1S/C15H25N3O/c19-15(17-10-11-5-7-16-8-6-11)14-9-12-3-1-2-4-13(12)18-14/h5,12-14,16,18H,1-4,6-10H2,(H,17,19). The van der Waals surface area contributed by atoms with Crippen LogP contribution in [0, 0.1) is 5.92 Å². The molecular formula is C15H25N3O. The number of amides is 1. The van der Waals surface area contributed by atoms with Crippen LogP contribution in [0.2, 0.25) is 0 Å². The third-order valence-corrected chi connectivity index (χ3v) is 4.83. The van der Waals surface area contributed by atoms with Gasteiger partial charge >= 0.3 is 0 Å². The Balaban J connectivity index is 1.47. The van der Waals surface area contributed by atoms with Gasteiger partial charge in [0.2, 0.25) is 5.91 Å². The highest BCUT2D eigenvalue weighted by Crippen LogP contribution is 2.33. The first-order valence-corrected chi connectivity index (χ1v) is 7.75. The van der Waals surface area contributed by atoms with E-state index >= 15 is 0 Å². The van der Waals surface area contributed by atoms with Gasteiger partial charge in [-0.15, -0.1) is 0 Å². The molecule has 106 valence electrons. The maximum atomic E-state index is 12.2. The molecule has 1 aliphatic carbocycles. The molecule has 3 atom stereocenters. The molecule has 4 nitrogen and oxygen atoms in total. The van der Waals surface area contributed by atoms with Crippen molar-refractivity contribution in [3.8, 4) is 0 Å². The van der Waals surface area contributed by atoms with Gasteiger partial charge in [0.25, 0.3) is 0 Å². The maximum absolute atomic E-state index is 12.2. The van der Waals surface area contributed by atoms with Crippen LogP contribution in [0.5, 0.6) is 0 Å². The summed E-state index contributed by atoms with van der Waals surface area (Å²) in [6, 6.07) is 0.651. The van der Waals surface area contributed by atoms with E-state index in [1.165, 1.54) is 31.3 Å². The number of carbonyl (C=O) groups is 1. The average Bonchev–Trinajstić information content (AvgIpc) is 2.90. The molecule has 0 spiro atoms. The second-order valence-electron chi connectivity index (χ2n) is 6.14. The van der Waals surface area contributed by atoms with Crippen molar-refractivity contribution in [2.45, 2.75) is 50.6 Å². The highest BCUT2D eigenvalue weighted by molar-refractivity contribution is 5.82. The summed E-state index contributed by atoms with van der Waals surface area (Å²) in [6.07, 6.45) is 9.52. The van der Waals surface area contributed by atoms with Crippen LogP contribution in [0.25, 0.3) is 0 Å². The minimum atomic E-state index is 0.0513. The van der Waals surface area contributed by atoms with Gasteiger partial charge < -0.3 is 16.0 Å². The van der Waals surface area contributed by atoms with Crippen LogP contribution in [-0.2, 0) is 4.79 Å². The predicted molar refractivity (Wildman–Crippen MR) is 75.9 cm³/mol. The predicted octanol–water partition coefficient (Wildman–Crippen LogP) is 0.943. The molecule has 3 N–H and O–H groups in total. The molecule has 3 aliphatic rings. The zero-order valence-corrected chi connectivity index (χ0v) is 11.6. The monoisotopic (exact) mass is 263 g/mol. The molecule has 3 unspecified atom stereocenters. The van der Waals surface area contributed by atoms with Gasteiger partial charge in [-0.05, 0) is 38.1 Å². The second-order valence-corrected chi connectivity index (χ2v) is 6.14. The molecule has 1 saturated heterocycles. The summed E-state index contributed by atoms with van der Waals surface area (Å²) < 4.78 is 0. The fourth-order valence-corrected chi connectivity index (χ4v) is 3.68. The van der Waals surface area contributed by atoms with E-state index < -0.39 is 0 Å². The number of nitrogens with one attached hydrogen (secondary N) is 3. The van der Waals surface area contributed by atoms with Crippen LogP contribution in [0.4, 0.5) is 0 Å². The van der Waals surface area contributed by atoms with E-state index in [1.54, 1.807) is 0 Å². The van der Waals surface area contributed by atoms with Crippen LogP contribution >= 0.6 is 0 Å². The van der Waals surface area contributed by atoms with Crippen LogP contribution in [0.3, 0.4) is 0 Å². The lowest BCUT2D eigenvalue weighted by molar-refractivity contribution is -0.122. The van der Waals surface area contributed by atoms with Crippen molar-refractivity contribution >= 4 is 5.91 Å². The molecule has 0 aromatic rings. The van der Waals surface area contributed by atoms with Crippen molar-refractivity contribution < 1.29 is 4.79 Å². The van der Waals surface area contributed by atoms with E-state index in [-0.39, 0.29) is 11.9 Å². The van der Waals surface area contributed by atoms with Gasteiger partial charge in [0, 0.05) is 19.1 Å². The summed E-state index contributed by atoms with van der Waals surface area (Å²) in [5.41, 5.74) is 1.36. The highest BCUT2D eigenvalue weighted by atomic mass is 16.2. The third-order valence-electron chi connectivity index (χ3n) is 4.83. The van der Waals surface area contributed by atoms with Crippen molar-refractivity contribution in [2.24, 2.45) is 5.92 Å². The van der Waals surface area contributed by atoms with E-state index in [2.05, 4.69) is 22.0 Å². The van der Waals surface area contributed by atoms with E-state index in [0.717, 1.165) is 38.4 Å². The quantitative estimate of drug-likeness (QED) is 0.664. The van der Waals surface area contributed by atoms with Gasteiger partial charge in [-0.1, -0.05) is 24.5 Å². The number of rotatable bonds is 3. The van der Waals surface area contributed by atoms with Gasteiger partial charge in [-0.2, -0.15) is 0 Å². The number of hydrogen-bond donors (Lipinski definition) is 3. The first-order valence-electron chi connectivity index (χ1n) is 7.75. The topological polar surface area (TPSA) is 53.2 Å². The van der Waals surface area contributed by atoms with E-state index in [4.69, 9.17) is 0 Å². The molecule has 4 heteroatoms. The van der Waals surface area contributed by atoms with Gasteiger partial charge in [0.1, 0.15) is 0 Å². The fraction of sp³-hybridized carbons (Fsp3) is 0.800. The summed E-state index contributed by atoms with van der Waals surface area (Å²) in [6.45, 7) is 2.71. The van der Waals surface area contributed by atoms with E-state index in [0.29, 0.717) is 6.04 Å². The molecule has 2 heterocycles. The minimum absolute atomic E-state index is 0.0513. The highest BCUT2D eigenvalue weighted by Gasteiger charge is 2.37. The lowest BCUT2D eigenvalue weighted by Gasteiger charge is -2.24. The summed E-state index contributed by atoms with van der Waals surface area (Å²) in [7, 11) is 0. The smallest absolute Gasteiger partial charge is 0.237 e. The Morgan fingerprint density at radius 2 is 2.26 bits per heavy atom. The molecule has 0 bridgehead atoms. The summed E-state index contributed by atoms with van der Waals surface area (Å²) in [5, 5.41) is 9.93. The first-order chi connectivity index (χ1) is 9.33. The minimum Gasteiger partial charge on any atom is -0.351 e. The van der Waals surface area contributed by atoms with Gasteiger partial charge in [-0.3, -0.25) is 4.79 Å². The second kappa shape index (κ2) is 6.06. The largest absolute Gasteiger partial charge is 0.351 e. The number of fused-ring (bicyclic) bond motifs is 1. The molecule has 0 aromatic heterocycles. The molecule has 1 amide bonds. The fourth-order valence-electron chi connectivity index (χ4n) is 3.68. The molecule has 0 aromatic carbocycles. The van der Waals surface area contributed by atoms with E-state index in [9.17, 15) is 4.79 Å². The molecule has 19 heavy (non-hydrogen) atoms. The Bertz CT molecular complexity index is 352. The lowest BCUT2D eigenvalue weighted by Crippen LogP contribution is -2.44. The zero-order chi connectivity index (χ0) is 13.1. The van der Waals surface area contributed by atoms with Crippen molar-refractivity contribution in [3.05, 3.63) is 11.6 Å². The molecule has 2 fully saturated rings. The third kappa shape index (κ3) is 3.18. The first kappa shape index (κ1) is 13.1. The van der Waals surface area contributed by atoms with Crippen LogP contribution in [-0.4, -0.2) is 37.6 Å². The van der Waals surface area contributed by atoms with Crippen molar-refractivity contribution in [1.29, 1.82) is 0 Å². The Morgan fingerprint density at radius 1 is 1.37 bits per heavy atom. The van der Waals surface area contributed by atoms with Crippen molar-refractivity contribution in [3.63, 3.8) is 0 Å². The van der Waals surface area contributed by atoms with Crippen LogP contribution < -0.4 is 16.0 Å². The number of hydrogen-bond acceptors (Lipinski definition) is 3. The van der Waals surface area contributed by atoms with Gasteiger partial charge in [0.05, 0.1) is 6.04 Å². The number of carbonyl (C=O) groups excluding carboxylic acids is 1. The molecular weight excluding hydrogens is 238 g/mol. The van der Waals surface area contributed by atoms with Crippen LogP contribution in [0.1, 0.15) is 38.5 Å². The lowest BCUT2D eigenvalue weighted by atomic mass is 9.85. The Labute approximate surface area is 115 Å². The van der Waals surface area contributed by atoms with Crippen molar-refractivity contribution in [1.82, 2.24) is 16.0 Å². The Morgan fingerprint density at radius 3 is 3.05 bits per heavy atom. The van der Waals surface area contributed by atoms with Gasteiger partial charge in [0.15, 0.2) is 0 Å². The maximum Gasteiger partial charge on any atom is 0.237 e. The Kier molecular flexibility index (Phi) is 4.18. The zero-order valence-electron chi connectivity index (χ0n) is 11.6.